The van der Waals surface area contributed by atoms with Crippen LogP contribution < -0.4 is 5.32 Å². The summed E-state index contributed by atoms with van der Waals surface area (Å²) in [6.07, 6.45) is 0.868. The number of hydrogen-bond donors (Lipinski definition) is 1. The van der Waals surface area contributed by atoms with Gasteiger partial charge in [0.1, 0.15) is 5.82 Å². The van der Waals surface area contributed by atoms with Crippen LogP contribution in [0.15, 0.2) is 42.5 Å². The van der Waals surface area contributed by atoms with Crippen molar-refractivity contribution in [1.82, 2.24) is 9.55 Å². The molecule has 1 aliphatic heterocycles. The molecule has 0 aliphatic carbocycles. The molecule has 118 valence electrons. The number of aryl methyl sites for hydroxylation is 1. The monoisotopic (exact) mass is 311 g/mol. The number of imidazole rings is 1. The molecule has 0 bridgehead atoms. The first-order valence-electron chi connectivity index (χ1n) is 7.78. The molecule has 2 heterocycles. The highest BCUT2D eigenvalue weighted by molar-refractivity contribution is 5.79. The molecular weight excluding hydrogens is 293 g/mol. The fourth-order valence-corrected chi connectivity index (χ4v) is 3.10. The first-order valence-corrected chi connectivity index (χ1v) is 7.78. The second kappa shape index (κ2) is 5.66. The Morgan fingerprint density at radius 1 is 1.26 bits per heavy atom. The second-order valence-corrected chi connectivity index (χ2v) is 5.90. The van der Waals surface area contributed by atoms with E-state index in [1.54, 1.807) is 6.07 Å². The van der Waals surface area contributed by atoms with Crippen LogP contribution in [-0.2, 0) is 11.8 Å². The van der Waals surface area contributed by atoms with Gasteiger partial charge in [-0.2, -0.15) is 0 Å². The predicted octanol–water partition coefficient (Wildman–Crippen LogP) is 3.96. The van der Waals surface area contributed by atoms with Crippen molar-refractivity contribution in [2.24, 2.45) is 7.05 Å². The summed E-state index contributed by atoms with van der Waals surface area (Å²) in [5, 5.41) is 3.30. The average Bonchev–Trinajstić information content (AvgIpc) is 3.19. The summed E-state index contributed by atoms with van der Waals surface area (Å²) in [6.45, 7) is 1.29. The quantitative estimate of drug-likeness (QED) is 0.796. The zero-order valence-corrected chi connectivity index (χ0v) is 12.9. The van der Waals surface area contributed by atoms with Gasteiger partial charge in [0.25, 0.3) is 0 Å². The van der Waals surface area contributed by atoms with Gasteiger partial charge in [-0.25, -0.2) is 9.37 Å². The summed E-state index contributed by atoms with van der Waals surface area (Å²) in [5.41, 5.74) is 3.54. The number of nitrogens with one attached hydrogen (secondary N) is 1. The van der Waals surface area contributed by atoms with Crippen LogP contribution in [0.1, 0.15) is 17.9 Å². The lowest BCUT2D eigenvalue weighted by atomic mass is 9.97. The molecule has 0 radical (unpaired) electrons. The normalized spacial score (nSPS) is 17.7. The van der Waals surface area contributed by atoms with Crippen molar-refractivity contribution < 1.29 is 9.13 Å². The third-order valence-corrected chi connectivity index (χ3v) is 4.41. The van der Waals surface area contributed by atoms with Crippen LogP contribution in [0.3, 0.4) is 0 Å². The van der Waals surface area contributed by atoms with Gasteiger partial charge in [-0.3, -0.25) is 0 Å². The topological polar surface area (TPSA) is 39.1 Å². The van der Waals surface area contributed by atoms with E-state index in [1.807, 2.05) is 41.9 Å². The molecule has 1 unspecified atom stereocenters. The Balaban J connectivity index is 1.67. The Kier molecular flexibility index (Phi) is 3.50. The molecule has 1 aliphatic rings. The fourth-order valence-electron chi connectivity index (χ4n) is 3.10. The molecule has 0 amide bonds. The minimum Gasteiger partial charge on any atom is -0.381 e. The molecule has 1 aromatic heterocycles. The molecule has 1 saturated heterocycles. The van der Waals surface area contributed by atoms with E-state index in [4.69, 9.17) is 4.74 Å². The summed E-state index contributed by atoms with van der Waals surface area (Å²) in [7, 11) is 1.97. The molecule has 23 heavy (non-hydrogen) atoms. The number of rotatable bonds is 3. The Morgan fingerprint density at radius 3 is 2.91 bits per heavy atom. The number of fused-ring (bicyclic) bond motifs is 1. The first kappa shape index (κ1) is 14.2. The zero-order chi connectivity index (χ0) is 15.8. The first-order chi connectivity index (χ1) is 11.2. The summed E-state index contributed by atoms with van der Waals surface area (Å²) >= 11 is 0. The Bertz CT molecular complexity index is 853. The SMILES string of the molecule is Cn1c(Nc2ccc(F)c(C3CCOC3)c2)nc2ccccc21. The van der Waals surface area contributed by atoms with Crippen molar-refractivity contribution in [3.63, 3.8) is 0 Å². The number of benzene rings is 2. The lowest BCUT2D eigenvalue weighted by molar-refractivity contribution is 0.193. The molecule has 0 saturated carbocycles. The highest BCUT2D eigenvalue weighted by Crippen LogP contribution is 2.30. The van der Waals surface area contributed by atoms with Crippen LogP contribution in [-0.4, -0.2) is 22.8 Å². The minimum absolute atomic E-state index is 0.136. The van der Waals surface area contributed by atoms with Gasteiger partial charge in [0, 0.05) is 25.3 Å². The summed E-state index contributed by atoms with van der Waals surface area (Å²) in [5.74, 6) is 0.708. The predicted molar refractivity (Wildman–Crippen MR) is 88.6 cm³/mol. The van der Waals surface area contributed by atoms with Crippen LogP contribution in [0, 0.1) is 5.82 Å². The van der Waals surface area contributed by atoms with Gasteiger partial charge in [-0.1, -0.05) is 12.1 Å². The summed E-state index contributed by atoms with van der Waals surface area (Å²) in [6, 6.07) is 13.1. The Morgan fingerprint density at radius 2 is 2.13 bits per heavy atom. The average molecular weight is 311 g/mol. The van der Waals surface area contributed by atoms with Crippen LogP contribution in [0.25, 0.3) is 11.0 Å². The number of anilines is 2. The van der Waals surface area contributed by atoms with E-state index in [-0.39, 0.29) is 11.7 Å². The maximum atomic E-state index is 14.1. The third-order valence-electron chi connectivity index (χ3n) is 4.41. The van der Waals surface area contributed by atoms with E-state index < -0.39 is 0 Å². The van der Waals surface area contributed by atoms with Crippen LogP contribution in [0.2, 0.25) is 0 Å². The molecule has 0 spiro atoms. The largest absolute Gasteiger partial charge is 0.381 e. The van der Waals surface area contributed by atoms with Gasteiger partial charge in [0.05, 0.1) is 17.6 Å². The second-order valence-electron chi connectivity index (χ2n) is 5.90. The molecule has 2 aromatic carbocycles. The number of ether oxygens (including phenoxy) is 1. The van der Waals surface area contributed by atoms with Gasteiger partial charge < -0.3 is 14.6 Å². The summed E-state index contributed by atoms with van der Waals surface area (Å²) in [4.78, 5) is 4.59. The van der Waals surface area contributed by atoms with E-state index >= 15 is 0 Å². The number of aromatic nitrogens is 2. The standard InChI is InChI=1S/C18H18FN3O/c1-22-17-5-3-2-4-16(17)21-18(22)20-13-6-7-15(19)14(10-13)12-8-9-23-11-12/h2-7,10,12H,8-9,11H2,1H3,(H,20,21). The van der Waals surface area contributed by atoms with Crippen molar-refractivity contribution in [2.45, 2.75) is 12.3 Å². The molecule has 1 fully saturated rings. The smallest absolute Gasteiger partial charge is 0.208 e. The zero-order valence-electron chi connectivity index (χ0n) is 12.9. The van der Waals surface area contributed by atoms with Crippen LogP contribution in [0.4, 0.5) is 16.0 Å². The third kappa shape index (κ3) is 2.57. The maximum absolute atomic E-state index is 14.1. The number of nitrogens with zero attached hydrogens (tertiary/aromatic N) is 2. The molecular formula is C18H18FN3O. The van der Waals surface area contributed by atoms with E-state index in [0.29, 0.717) is 18.8 Å². The van der Waals surface area contributed by atoms with Crippen molar-refractivity contribution in [2.75, 3.05) is 18.5 Å². The fraction of sp³-hybridized carbons (Fsp3) is 0.278. The minimum atomic E-state index is -0.170. The van der Waals surface area contributed by atoms with Crippen molar-refractivity contribution in [3.8, 4) is 0 Å². The van der Waals surface area contributed by atoms with Gasteiger partial charge >= 0.3 is 0 Å². The molecule has 4 rings (SSSR count). The molecule has 1 N–H and O–H groups in total. The highest BCUT2D eigenvalue weighted by Gasteiger charge is 2.21. The number of halogens is 1. The van der Waals surface area contributed by atoms with E-state index in [9.17, 15) is 4.39 Å². The lowest BCUT2D eigenvalue weighted by Crippen LogP contribution is -2.04. The summed E-state index contributed by atoms with van der Waals surface area (Å²) < 4.78 is 21.5. The molecule has 1 atom stereocenters. The van der Waals surface area contributed by atoms with Crippen LogP contribution >= 0.6 is 0 Å². The van der Waals surface area contributed by atoms with Crippen molar-refractivity contribution >= 4 is 22.7 Å². The van der Waals surface area contributed by atoms with E-state index in [0.717, 1.165) is 29.1 Å². The lowest BCUT2D eigenvalue weighted by Gasteiger charge is -2.12. The van der Waals surface area contributed by atoms with Gasteiger partial charge in [-0.05, 0) is 42.3 Å². The van der Waals surface area contributed by atoms with Gasteiger partial charge in [-0.15, -0.1) is 0 Å². The molecule has 3 aromatic rings. The highest BCUT2D eigenvalue weighted by atomic mass is 19.1. The maximum Gasteiger partial charge on any atom is 0.208 e. The Hall–Kier alpha value is -2.40. The number of para-hydroxylation sites is 2. The van der Waals surface area contributed by atoms with Crippen molar-refractivity contribution in [1.29, 1.82) is 0 Å². The van der Waals surface area contributed by atoms with Gasteiger partial charge in [0.2, 0.25) is 5.95 Å². The van der Waals surface area contributed by atoms with Crippen molar-refractivity contribution in [3.05, 3.63) is 53.8 Å². The van der Waals surface area contributed by atoms with Crippen LogP contribution in [0.5, 0.6) is 0 Å². The molecule has 5 heteroatoms. The Labute approximate surface area is 133 Å². The van der Waals surface area contributed by atoms with E-state index in [1.165, 1.54) is 6.07 Å². The van der Waals surface area contributed by atoms with Gasteiger partial charge in [0.15, 0.2) is 0 Å². The molecule has 4 nitrogen and oxygen atoms in total. The number of hydrogen-bond acceptors (Lipinski definition) is 3. The van der Waals surface area contributed by atoms with E-state index in [2.05, 4.69) is 10.3 Å².